The first-order valence-corrected chi connectivity index (χ1v) is 6.49. The molecule has 0 amide bonds. The molecule has 0 heterocycles. The Morgan fingerprint density at radius 3 is 2.62 bits per heavy atom. The Hall–Kier alpha value is -0.680. The maximum absolute atomic E-state index is 11.8. The predicted molar refractivity (Wildman–Crippen MR) is 68.2 cm³/mol. The number of carbonyl (C=O) groups excluding carboxylic acids is 2. The number of halogens is 2. The van der Waals surface area contributed by atoms with Gasteiger partial charge in [0.2, 0.25) is 0 Å². The van der Waals surface area contributed by atoms with E-state index in [9.17, 15) is 9.59 Å². The molecule has 0 radical (unpaired) electrons. The number of ether oxygens (including phenoxy) is 1. The zero-order valence-corrected chi connectivity index (χ0v) is 11.8. The van der Waals surface area contributed by atoms with E-state index in [2.05, 4.69) is 36.6 Å². The SMILES string of the molecule is COC(=O)c1c(Br)cccc1C(=O)CCBr. The molecule has 0 unspecified atom stereocenters. The quantitative estimate of drug-likeness (QED) is 0.476. The van der Waals surface area contributed by atoms with E-state index in [1.807, 2.05) is 0 Å². The minimum atomic E-state index is -0.509. The van der Waals surface area contributed by atoms with Crippen molar-refractivity contribution in [2.24, 2.45) is 0 Å². The maximum atomic E-state index is 11.8. The Kier molecular flexibility index (Phi) is 5.15. The highest BCUT2D eigenvalue weighted by Crippen LogP contribution is 2.22. The number of Topliss-reactive ketones (excluding diaryl/α,β-unsaturated/α-hetero) is 1. The number of benzene rings is 1. The van der Waals surface area contributed by atoms with Crippen molar-refractivity contribution in [3.05, 3.63) is 33.8 Å². The second-order valence-electron chi connectivity index (χ2n) is 3.02. The van der Waals surface area contributed by atoms with Gasteiger partial charge in [-0.2, -0.15) is 0 Å². The third-order valence-electron chi connectivity index (χ3n) is 2.03. The van der Waals surface area contributed by atoms with Crippen LogP contribution in [0, 0.1) is 0 Å². The number of rotatable bonds is 4. The summed E-state index contributed by atoms with van der Waals surface area (Å²) in [6.07, 6.45) is 0.348. The molecular weight excluding hydrogens is 340 g/mol. The predicted octanol–water partition coefficient (Wildman–Crippen LogP) is 3.20. The van der Waals surface area contributed by atoms with Crippen molar-refractivity contribution in [1.82, 2.24) is 0 Å². The molecule has 3 nitrogen and oxygen atoms in total. The van der Waals surface area contributed by atoms with Crippen LogP contribution in [0.5, 0.6) is 0 Å². The lowest BCUT2D eigenvalue weighted by Crippen LogP contribution is -2.11. The van der Waals surface area contributed by atoms with Crippen molar-refractivity contribution in [3.63, 3.8) is 0 Å². The number of alkyl halides is 1. The average molecular weight is 350 g/mol. The number of methoxy groups -OCH3 is 1. The van der Waals surface area contributed by atoms with Gasteiger partial charge >= 0.3 is 5.97 Å². The van der Waals surface area contributed by atoms with Crippen LogP contribution in [-0.2, 0) is 4.74 Å². The Morgan fingerprint density at radius 2 is 2.06 bits per heavy atom. The Morgan fingerprint density at radius 1 is 1.38 bits per heavy atom. The van der Waals surface area contributed by atoms with E-state index >= 15 is 0 Å². The lowest BCUT2D eigenvalue weighted by atomic mass is 10.0. The molecule has 0 saturated carbocycles. The zero-order valence-electron chi connectivity index (χ0n) is 8.63. The number of hydrogen-bond donors (Lipinski definition) is 0. The molecule has 0 aromatic heterocycles. The van der Waals surface area contributed by atoms with E-state index in [1.54, 1.807) is 18.2 Å². The van der Waals surface area contributed by atoms with E-state index in [0.717, 1.165) is 0 Å². The van der Waals surface area contributed by atoms with E-state index in [1.165, 1.54) is 7.11 Å². The minimum Gasteiger partial charge on any atom is -0.465 e. The second kappa shape index (κ2) is 6.15. The van der Waals surface area contributed by atoms with Gasteiger partial charge in [0.15, 0.2) is 5.78 Å². The summed E-state index contributed by atoms with van der Waals surface area (Å²) in [6.45, 7) is 0. The second-order valence-corrected chi connectivity index (χ2v) is 4.66. The summed E-state index contributed by atoms with van der Waals surface area (Å²) < 4.78 is 5.22. The number of carbonyl (C=O) groups is 2. The van der Waals surface area contributed by atoms with E-state index in [0.29, 0.717) is 21.8 Å². The lowest BCUT2D eigenvalue weighted by Gasteiger charge is -2.08. The Balaban J connectivity index is 3.22. The molecule has 0 N–H and O–H groups in total. The van der Waals surface area contributed by atoms with Crippen molar-refractivity contribution in [2.75, 3.05) is 12.4 Å². The van der Waals surface area contributed by atoms with Crippen LogP contribution in [-0.4, -0.2) is 24.2 Å². The standard InChI is InChI=1S/C11H10Br2O3/c1-16-11(15)10-7(9(14)5-6-12)3-2-4-8(10)13/h2-4H,5-6H2,1H3. The van der Waals surface area contributed by atoms with Crippen LogP contribution < -0.4 is 0 Å². The molecule has 0 spiro atoms. The summed E-state index contributed by atoms with van der Waals surface area (Å²) in [5.74, 6) is -0.594. The highest BCUT2D eigenvalue weighted by molar-refractivity contribution is 9.10. The molecule has 0 bridgehead atoms. The molecule has 0 aliphatic carbocycles. The first kappa shape index (κ1) is 13.4. The first-order chi connectivity index (χ1) is 7.61. The summed E-state index contributed by atoms with van der Waals surface area (Å²) in [5.41, 5.74) is 0.677. The molecule has 0 fully saturated rings. The largest absolute Gasteiger partial charge is 0.465 e. The van der Waals surface area contributed by atoms with E-state index < -0.39 is 5.97 Å². The van der Waals surface area contributed by atoms with Crippen LogP contribution in [0.15, 0.2) is 22.7 Å². The van der Waals surface area contributed by atoms with Crippen LogP contribution in [0.1, 0.15) is 27.1 Å². The van der Waals surface area contributed by atoms with Gasteiger partial charge in [-0.15, -0.1) is 0 Å². The molecule has 1 rings (SSSR count). The number of hydrogen-bond acceptors (Lipinski definition) is 3. The molecule has 0 atom stereocenters. The molecule has 5 heteroatoms. The van der Waals surface area contributed by atoms with Crippen molar-refractivity contribution in [1.29, 1.82) is 0 Å². The first-order valence-electron chi connectivity index (χ1n) is 4.57. The molecule has 0 aliphatic heterocycles. The van der Waals surface area contributed by atoms with Gasteiger partial charge in [-0.05, 0) is 22.0 Å². The molecular formula is C11H10Br2O3. The van der Waals surface area contributed by atoms with Crippen LogP contribution in [0.4, 0.5) is 0 Å². The molecule has 1 aromatic rings. The number of esters is 1. The van der Waals surface area contributed by atoms with Crippen molar-refractivity contribution in [2.45, 2.75) is 6.42 Å². The van der Waals surface area contributed by atoms with E-state index in [-0.39, 0.29) is 11.3 Å². The Labute approximate surface area is 110 Å². The van der Waals surface area contributed by atoms with Gasteiger partial charge in [0.1, 0.15) is 0 Å². The molecule has 16 heavy (non-hydrogen) atoms. The summed E-state index contributed by atoms with van der Waals surface area (Å²) in [6, 6.07) is 5.05. The maximum Gasteiger partial charge on any atom is 0.339 e. The highest BCUT2D eigenvalue weighted by atomic mass is 79.9. The van der Waals surface area contributed by atoms with Gasteiger partial charge in [0.05, 0.1) is 12.7 Å². The van der Waals surface area contributed by atoms with Gasteiger partial charge in [-0.25, -0.2) is 4.79 Å². The topological polar surface area (TPSA) is 43.4 Å². The fourth-order valence-corrected chi connectivity index (χ4v) is 2.17. The molecule has 0 saturated heterocycles. The fraction of sp³-hybridized carbons (Fsp3) is 0.273. The van der Waals surface area contributed by atoms with Gasteiger partial charge < -0.3 is 4.74 Å². The fourth-order valence-electron chi connectivity index (χ4n) is 1.29. The summed E-state index contributed by atoms with van der Waals surface area (Å²) >= 11 is 6.44. The molecule has 1 aromatic carbocycles. The minimum absolute atomic E-state index is 0.0847. The molecule has 0 aliphatic rings. The molecule has 86 valence electrons. The van der Waals surface area contributed by atoms with Crippen molar-refractivity contribution < 1.29 is 14.3 Å². The Bertz CT molecular complexity index is 416. The van der Waals surface area contributed by atoms with Crippen molar-refractivity contribution in [3.8, 4) is 0 Å². The smallest absolute Gasteiger partial charge is 0.339 e. The number of ketones is 1. The third-order valence-corrected chi connectivity index (χ3v) is 3.08. The zero-order chi connectivity index (χ0) is 12.1. The summed E-state index contributed by atoms with van der Waals surface area (Å²) in [4.78, 5) is 23.3. The van der Waals surface area contributed by atoms with Gasteiger partial charge in [-0.3, -0.25) is 4.79 Å². The summed E-state index contributed by atoms with van der Waals surface area (Å²) in [5, 5.41) is 0.568. The van der Waals surface area contributed by atoms with Crippen LogP contribution in [0.2, 0.25) is 0 Å². The van der Waals surface area contributed by atoms with Crippen LogP contribution in [0.3, 0.4) is 0 Å². The third kappa shape index (κ3) is 2.92. The van der Waals surface area contributed by atoms with Gasteiger partial charge in [0, 0.05) is 21.8 Å². The average Bonchev–Trinajstić information content (AvgIpc) is 2.28. The monoisotopic (exact) mass is 348 g/mol. The summed E-state index contributed by atoms with van der Waals surface area (Å²) in [7, 11) is 1.29. The lowest BCUT2D eigenvalue weighted by molar-refractivity contribution is 0.0596. The van der Waals surface area contributed by atoms with E-state index in [4.69, 9.17) is 0 Å². The van der Waals surface area contributed by atoms with Gasteiger partial charge in [-0.1, -0.05) is 28.1 Å². The normalized spacial score (nSPS) is 9.94. The highest BCUT2D eigenvalue weighted by Gasteiger charge is 2.19. The van der Waals surface area contributed by atoms with Crippen LogP contribution in [0.25, 0.3) is 0 Å². The van der Waals surface area contributed by atoms with Gasteiger partial charge in [0.25, 0.3) is 0 Å². The van der Waals surface area contributed by atoms with Crippen LogP contribution >= 0.6 is 31.9 Å². The van der Waals surface area contributed by atoms with Crippen molar-refractivity contribution >= 4 is 43.6 Å².